The smallest absolute Gasteiger partial charge is 0.308 e. The molecule has 1 aliphatic rings. The minimum atomic E-state index is -0.171. The first-order chi connectivity index (χ1) is 10.5. The average Bonchev–Trinajstić information content (AvgIpc) is 2.55. The first kappa shape index (κ1) is 17.2. The van der Waals surface area contributed by atoms with Gasteiger partial charge in [0.25, 0.3) is 0 Å². The number of carbonyl (C=O) groups excluding carboxylic acids is 2. The number of likely N-dealkylation sites (tertiary alicyclic amines) is 1. The molecular formula is C16H20ClNO3S. The number of piperidine rings is 1. The zero-order chi connectivity index (χ0) is 16.1. The Labute approximate surface area is 140 Å². The highest BCUT2D eigenvalue weighted by Gasteiger charge is 2.29. The monoisotopic (exact) mass is 341 g/mol. The van der Waals surface area contributed by atoms with Crippen LogP contribution in [0.4, 0.5) is 0 Å². The number of rotatable bonds is 4. The third kappa shape index (κ3) is 4.40. The van der Waals surface area contributed by atoms with E-state index in [4.69, 9.17) is 16.3 Å². The third-order valence-electron chi connectivity index (χ3n) is 3.82. The van der Waals surface area contributed by atoms with E-state index in [0.717, 1.165) is 4.90 Å². The van der Waals surface area contributed by atoms with Crippen molar-refractivity contribution in [1.82, 2.24) is 4.90 Å². The molecule has 1 aliphatic heterocycles. The Morgan fingerprint density at radius 3 is 2.41 bits per heavy atom. The molecule has 0 N–H and O–H groups in total. The molecule has 0 spiro atoms. The van der Waals surface area contributed by atoms with Gasteiger partial charge in [-0.1, -0.05) is 11.6 Å². The molecule has 22 heavy (non-hydrogen) atoms. The lowest BCUT2D eigenvalue weighted by atomic mass is 9.97. The van der Waals surface area contributed by atoms with E-state index < -0.39 is 0 Å². The summed E-state index contributed by atoms with van der Waals surface area (Å²) in [4.78, 5) is 26.8. The molecule has 1 atom stereocenters. The number of amides is 1. The summed E-state index contributed by atoms with van der Waals surface area (Å²) in [6.45, 7) is 3.14. The number of halogens is 1. The predicted octanol–water partition coefficient (Wildman–Crippen LogP) is 3.23. The molecule has 1 fully saturated rings. The summed E-state index contributed by atoms with van der Waals surface area (Å²) in [7, 11) is 1.41. The molecule has 1 aromatic carbocycles. The summed E-state index contributed by atoms with van der Waals surface area (Å²) >= 11 is 7.39. The Morgan fingerprint density at radius 2 is 1.86 bits per heavy atom. The average molecular weight is 342 g/mol. The molecule has 1 aromatic rings. The molecule has 2 rings (SSSR count). The molecule has 1 saturated heterocycles. The van der Waals surface area contributed by atoms with E-state index in [1.54, 1.807) is 0 Å². The van der Waals surface area contributed by atoms with Crippen molar-refractivity contribution in [2.24, 2.45) is 5.92 Å². The van der Waals surface area contributed by atoms with E-state index in [1.807, 2.05) is 36.1 Å². The topological polar surface area (TPSA) is 46.6 Å². The van der Waals surface area contributed by atoms with Crippen molar-refractivity contribution in [1.29, 1.82) is 0 Å². The van der Waals surface area contributed by atoms with Crippen LogP contribution in [0.2, 0.25) is 5.02 Å². The maximum Gasteiger partial charge on any atom is 0.308 e. The van der Waals surface area contributed by atoms with Crippen LogP contribution >= 0.6 is 23.4 Å². The summed E-state index contributed by atoms with van der Waals surface area (Å²) < 4.78 is 4.76. The molecule has 120 valence electrons. The number of methoxy groups -OCH3 is 1. The van der Waals surface area contributed by atoms with Crippen LogP contribution in [-0.2, 0) is 14.3 Å². The van der Waals surface area contributed by atoms with Gasteiger partial charge in [-0.05, 0) is 44.0 Å². The highest BCUT2D eigenvalue weighted by molar-refractivity contribution is 8.00. The number of hydrogen-bond acceptors (Lipinski definition) is 4. The fourth-order valence-electron chi connectivity index (χ4n) is 2.53. The zero-order valence-electron chi connectivity index (χ0n) is 12.8. The van der Waals surface area contributed by atoms with Crippen LogP contribution in [0.5, 0.6) is 0 Å². The largest absolute Gasteiger partial charge is 0.469 e. The summed E-state index contributed by atoms with van der Waals surface area (Å²) in [5, 5.41) is 0.532. The van der Waals surface area contributed by atoms with Gasteiger partial charge in [-0.2, -0.15) is 0 Å². The standard InChI is InChI=1S/C16H20ClNO3S/c1-11(22-14-5-3-13(17)4-6-14)15(19)18-9-7-12(8-10-18)16(20)21-2/h3-6,11-12H,7-10H2,1-2H3. The maximum absolute atomic E-state index is 12.5. The molecule has 6 heteroatoms. The van der Waals surface area contributed by atoms with Gasteiger partial charge in [0, 0.05) is 23.0 Å². The maximum atomic E-state index is 12.5. The molecule has 1 unspecified atom stereocenters. The van der Waals surface area contributed by atoms with Gasteiger partial charge in [0.05, 0.1) is 18.3 Å². The Kier molecular flexibility index (Phi) is 6.15. The van der Waals surface area contributed by atoms with Gasteiger partial charge < -0.3 is 9.64 Å². The van der Waals surface area contributed by atoms with Crippen LogP contribution < -0.4 is 0 Å². The Balaban J connectivity index is 1.86. The second kappa shape index (κ2) is 7.88. The fourth-order valence-corrected chi connectivity index (χ4v) is 3.60. The van der Waals surface area contributed by atoms with Crippen molar-refractivity contribution in [3.05, 3.63) is 29.3 Å². The summed E-state index contributed by atoms with van der Waals surface area (Å²) in [6.07, 6.45) is 1.35. The first-order valence-corrected chi connectivity index (χ1v) is 8.56. The third-order valence-corrected chi connectivity index (χ3v) is 5.17. The van der Waals surface area contributed by atoms with Crippen LogP contribution in [0.1, 0.15) is 19.8 Å². The van der Waals surface area contributed by atoms with Crippen LogP contribution in [-0.4, -0.2) is 42.2 Å². The highest BCUT2D eigenvalue weighted by atomic mass is 35.5. The summed E-state index contributed by atoms with van der Waals surface area (Å²) in [5.74, 6) is -0.132. The zero-order valence-corrected chi connectivity index (χ0v) is 14.3. The molecular weight excluding hydrogens is 322 g/mol. The summed E-state index contributed by atoms with van der Waals surface area (Å²) in [5.41, 5.74) is 0. The van der Waals surface area contributed by atoms with Gasteiger partial charge in [-0.3, -0.25) is 9.59 Å². The SMILES string of the molecule is COC(=O)C1CCN(C(=O)C(C)Sc2ccc(Cl)cc2)CC1. The molecule has 0 aliphatic carbocycles. The van der Waals surface area contributed by atoms with Crippen molar-refractivity contribution in [3.8, 4) is 0 Å². The number of hydrogen-bond donors (Lipinski definition) is 0. The van der Waals surface area contributed by atoms with Crippen molar-refractivity contribution in [2.75, 3.05) is 20.2 Å². The molecule has 0 radical (unpaired) electrons. The molecule has 1 amide bonds. The molecule has 4 nitrogen and oxygen atoms in total. The first-order valence-electron chi connectivity index (χ1n) is 7.30. The minimum absolute atomic E-state index is 0.0757. The Bertz CT molecular complexity index is 527. The van der Waals surface area contributed by atoms with E-state index in [9.17, 15) is 9.59 Å². The van der Waals surface area contributed by atoms with Gasteiger partial charge in [0.1, 0.15) is 0 Å². The quantitative estimate of drug-likeness (QED) is 0.623. The number of thioether (sulfide) groups is 1. The lowest BCUT2D eigenvalue weighted by Gasteiger charge is -2.32. The fraction of sp³-hybridized carbons (Fsp3) is 0.500. The van der Waals surface area contributed by atoms with Crippen LogP contribution in [0.3, 0.4) is 0 Å². The van der Waals surface area contributed by atoms with Gasteiger partial charge in [0.2, 0.25) is 5.91 Å². The number of nitrogens with zero attached hydrogens (tertiary/aromatic N) is 1. The molecule has 0 aromatic heterocycles. The lowest BCUT2D eigenvalue weighted by molar-refractivity contribution is -0.148. The van der Waals surface area contributed by atoms with E-state index >= 15 is 0 Å². The minimum Gasteiger partial charge on any atom is -0.469 e. The normalized spacial score (nSPS) is 17.1. The van der Waals surface area contributed by atoms with Crippen molar-refractivity contribution >= 4 is 35.2 Å². The van der Waals surface area contributed by atoms with Crippen LogP contribution in [0.15, 0.2) is 29.2 Å². The van der Waals surface area contributed by atoms with Gasteiger partial charge in [0.15, 0.2) is 0 Å². The second-order valence-corrected chi connectivity index (χ2v) is 7.19. The van der Waals surface area contributed by atoms with E-state index in [2.05, 4.69) is 0 Å². The molecule has 0 bridgehead atoms. The Hall–Kier alpha value is -1.20. The van der Waals surface area contributed by atoms with Crippen molar-refractivity contribution in [3.63, 3.8) is 0 Å². The van der Waals surface area contributed by atoms with Gasteiger partial charge >= 0.3 is 5.97 Å². The lowest BCUT2D eigenvalue weighted by Crippen LogP contribution is -2.43. The van der Waals surface area contributed by atoms with E-state index in [1.165, 1.54) is 18.9 Å². The van der Waals surface area contributed by atoms with Crippen LogP contribution in [0.25, 0.3) is 0 Å². The van der Waals surface area contributed by atoms with Gasteiger partial charge in [-0.15, -0.1) is 11.8 Å². The summed E-state index contributed by atoms with van der Waals surface area (Å²) in [6, 6.07) is 7.48. The highest BCUT2D eigenvalue weighted by Crippen LogP contribution is 2.27. The number of esters is 1. The molecule has 0 saturated carbocycles. The van der Waals surface area contributed by atoms with Gasteiger partial charge in [-0.25, -0.2) is 0 Å². The van der Waals surface area contributed by atoms with E-state index in [0.29, 0.717) is 31.0 Å². The van der Waals surface area contributed by atoms with Crippen LogP contribution in [0, 0.1) is 5.92 Å². The molecule has 1 heterocycles. The Morgan fingerprint density at radius 1 is 1.27 bits per heavy atom. The predicted molar refractivity (Wildman–Crippen MR) is 88.1 cm³/mol. The van der Waals surface area contributed by atoms with E-state index in [-0.39, 0.29) is 23.0 Å². The number of benzene rings is 1. The number of ether oxygens (including phenoxy) is 1. The second-order valence-electron chi connectivity index (χ2n) is 5.34. The van der Waals surface area contributed by atoms with Crippen molar-refractivity contribution < 1.29 is 14.3 Å². The number of carbonyl (C=O) groups is 2. The van der Waals surface area contributed by atoms with Crippen molar-refractivity contribution in [2.45, 2.75) is 29.9 Å².